The molecule has 0 aliphatic carbocycles. The average molecular weight is 399 g/mol. The fraction of sp³-hybridized carbons (Fsp3) is 0.0952. The number of benzene rings is 2. The second-order valence-electron chi connectivity index (χ2n) is 6.28. The highest BCUT2D eigenvalue weighted by atomic mass is 19.4. The van der Waals surface area contributed by atoms with Gasteiger partial charge in [0.15, 0.2) is 0 Å². The Morgan fingerprint density at radius 1 is 0.862 bits per heavy atom. The topological polar surface area (TPSA) is 71.1 Å². The van der Waals surface area contributed by atoms with Crippen LogP contribution in [0, 0.1) is 6.92 Å². The predicted molar refractivity (Wildman–Crippen MR) is 103 cm³/mol. The highest BCUT2D eigenvalue weighted by Gasteiger charge is 2.30. The summed E-state index contributed by atoms with van der Waals surface area (Å²) in [5.74, 6) is -1.17. The SMILES string of the molecule is Cc1ccc(NC(=O)c2ccnc(C(=O)Nc3cccc(C(F)(F)F)c3)c2)cc1. The summed E-state index contributed by atoms with van der Waals surface area (Å²) in [5.41, 5.74) is 0.817. The van der Waals surface area contributed by atoms with E-state index in [2.05, 4.69) is 15.6 Å². The molecule has 148 valence electrons. The Hall–Kier alpha value is -3.68. The lowest BCUT2D eigenvalue weighted by atomic mass is 10.1. The maximum atomic E-state index is 12.8. The molecule has 3 aromatic rings. The number of nitrogens with zero attached hydrogens (tertiary/aromatic N) is 1. The molecule has 0 atom stereocenters. The first-order chi connectivity index (χ1) is 13.7. The summed E-state index contributed by atoms with van der Waals surface area (Å²) in [4.78, 5) is 28.6. The van der Waals surface area contributed by atoms with Crippen molar-refractivity contribution in [2.75, 3.05) is 10.6 Å². The maximum absolute atomic E-state index is 12.8. The number of carbonyl (C=O) groups is 2. The lowest BCUT2D eigenvalue weighted by molar-refractivity contribution is -0.137. The Labute approximate surface area is 164 Å². The van der Waals surface area contributed by atoms with Crippen molar-refractivity contribution in [1.82, 2.24) is 4.98 Å². The van der Waals surface area contributed by atoms with Crippen molar-refractivity contribution in [3.8, 4) is 0 Å². The summed E-state index contributed by atoms with van der Waals surface area (Å²) in [6.45, 7) is 1.92. The standard InChI is InChI=1S/C21H16F3N3O2/c1-13-5-7-16(8-6-13)26-19(28)14-9-10-25-18(11-14)20(29)27-17-4-2-3-15(12-17)21(22,23)24/h2-12H,1H3,(H,26,28)(H,27,29). The summed E-state index contributed by atoms with van der Waals surface area (Å²) in [5, 5.41) is 5.06. The Bertz CT molecular complexity index is 1050. The highest BCUT2D eigenvalue weighted by molar-refractivity contribution is 6.07. The van der Waals surface area contributed by atoms with Crippen molar-refractivity contribution in [2.24, 2.45) is 0 Å². The average Bonchev–Trinajstić information content (AvgIpc) is 2.69. The number of alkyl halides is 3. The molecule has 0 aliphatic rings. The monoisotopic (exact) mass is 399 g/mol. The normalized spacial score (nSPS) is 11.0. The molecule has 0 bridgehead atoms. The van der Waals surface area contributed by atoms with Gasteiger partial charge in [-0.2, -0.15) is 13.2 Å². The van der Waals surface area contributed by atoms with Crippen molar-refractivity contribution < 1.29 is 22.8 Å². The Morgan fingerprint density at radius 2 is 1.55 bits per heavy atom. The van der Waals surface area contributed by atoms with Gasteiger partial charge in [0.2, 0.25) is 0 Å². The number of pyridine rings is 1. The van der Waals surface area contributed by atoms with Crippen LogP contribution in [-0.2, 0) is 6.18 Å². The molecule has 1 heterocycles. The third-order valence-corrected chi connectivity index (χ3v) is 4.01. The molecule has 2 N–H and O–H groups in total. The van der Waals surface area contributed by atoms with E-state index in [0.717, 1.165) is 17.7 Å². The number of aromatic nitrogens is 1. The van der Waals surface area contributed by atoms with Crippen LogP contribution in [0.5, 0.6) is 0 Å². The lowest BCUT2D eigenvalue weighted by Gasteiger charge is -2.10. The number of carbonyl (C=O) groups excluding carboxylic acids is 2. The molecule has 2 amide bonds. The maximum Gasteiger partial charge on any atom is 0.416 e. The van der Waals surface area contributed by atoms with Gasteiger partial charge in [-0.25, -0.2) is 0 Å². The highest BCUT2D eigenvalue weighted by Crippen LogP contribution is 2.30. The first kappa shape index (κ1) is 20.1. The summed E-state index contributed by atoms with van der Waals surface area (Å²) in [6, 6.07) is 14.1. The molecular weight excluding hydrogens is 383 g/mol. The van der Waals surface area contributed by atoms with Crippen LogP contribution in [0.3, 0.4) is 0 Å². The molecule has 0 unspecified atom stereocenters. The number of hydrogen-bond donors (Lipinski definition) is 2. The van der Waals surface area contributed by atoms with E-state index in [9.17, 15) is 22.8 Å². The van der Waals surface area contributed by atoms with E-state index < -0.39 is 23.6 Å². The zero-order valence-corrected chi connectivity index (χ0v) is 15.2. The van der Waals surface area contributed by atoms with E-state index in [4.69, 9.17) is 0 Å². The number of aryl methyl sites for hydroxylation is 1. The third-order valence-electron chi connectivity index (χ3n) is 4.01. The van der Waals surface area contributed by atoms with Crippen molar-refractivity contribution in [2.45, 2.75) is 13.1 Å². The second-order valence-corrected chi connectivity index (χ2v) is 6.28. The van der Waals surface area contributed by atoms with Gasteiger partial charge in [-0.1, -0.05) is 23.8 Å². The summed E-state index contributed by atoms with van der Waals surface area (Å²) in [6.07, 6.45) is -3.24. The number of hydrogen-bond acceptors (Lipinski definition) is 3. The molecule has 5 nitrogen and oxygen atoms in total. The van der Waals surface area contributed by atoms with Crippen LogP contribution in [0.15, 0.2) is 66.9 Å². The molecule has 3 rings (SSSR count). The van der Waals surface area contributed by atoms with Crippen molar-refractivity contribution in [3.63, 3.8) is 0 Å². The summed E-state index contributed by atoms with van der Waals surface area (Å²) < 4.78 is 38.4. The molecule has 0 spiro atoms. The summed E-state index contributed by atoms with van der Waals surface area (Å²) >= 11 is 0. The Balaban J connectivity index is 1.74. The first-order valence-corrected chi connectivity index (χ1v) is 8.55. The Morgan fingerprint density at radius 3 is 2.24 bits per heavy atom. The molecule has 0 aliphatic heterocycles. The zero-order chi connectivity index (χ0) is 21.0. The number of rotatable bonds is 4. The smallest absolute Gasteiger partial charge is 0.322 e. The van der Waals surface area contributed by atoms with E-state index in [-0.39, 0.29) is 16.9 Å². The minimum atomic E-state index is -4.52. The van der Waals surface area contributed by atoms with Crippen LogP contribution < -0.4 is 10.6 Å². The molecule has 0 saturated heterocycles. The van der Waals surface area contributed by atoms with Gasteiger partial charge < -0.3 is 10.6 Å². The largest absolute Gasteiger partial charge is 0.416 e. The van der Waals surface area contributed by atoms with Gasteiger partial charge in [0.1, 0.15) is 5.69 Å². The van der Waals surface area contributed by atoms with Gasteiger partial charge in [-0.15, -0.1) is 0 Å². The Kier molecular flexibility index (Phi) is 5.63. The van der Waals surface area contributed by atoms with Crippen molar-refractivity contribution in [1.29, 1.82) is 0 Å². The fourth-order valence-electron chi connectivity index (χ4n) is 2.50. The van der Waals surface area contributed by atoms with Gasteiger partial charge in [0.05, 0.1) is 5.56 Å². The third kappa shape index (κ3) is 5.19. The van der Waals surface area contributed by atoms with Crippen LogP contribution >= 0.6 is 0 Å². The summed E-state index contributed by atoms with van der Waals surface area (Å²) in [7, 11) is 0. The number of halogens is 3. The predicted octanol–water partition coefficient (Wildman–Crippen LogP) is 4.91. The molecule has 0 fully saturated rings. The van der Waals surface area contributed by atoms with Crippen molar-refractivity contribution >= 4 is 23.2 Å². The minimum absolute atomic E-state index is 0.0267. The minimum Gasteiger partial charge on any atom is -0.322 e. The van der Waals surface area contributed by atoms with E-state index in [1.54, 1.807) is 12.1 Å². The second kappa shape index (κ2) is 8.14. The van der Waals surface area contributed by atoms with Gasteiger partial charge in [-0.05, 0) is 49.4 Å². The van der Waals surface area contributed by atoms with E-state index >= 15 is 0 Å². The van der Waals surface area contributed by atoms with Gasteiger partial charge in [0, 0.05) is 23.1 Å². The lowest BCUT2D eigenvalue weighted by Crippen LogP contribution is -2.17. The quantitative estimate of drug-likeness (QED) is 0.655. The van der Waals surface area contributed by atoms with Crippen LogP contribution in [0.4, 0.5) is 24.5 Å². The van der Waals surface area contributed by atoms with Gasteiger partial charge in [0.25, 0.3) is 11.8 Å². The number of amides is 2. The van der Waals surface area contributed by atoms with E-state index in [1.165, 1.54) is 30.5 Å². The van der Waals surface area contributed by atoms with Gasteiger partial charge in [-0.3, -0.25) is 14.6 Å². The van der Waals surface area contributed by atoms with Crippen molar-refractivity contribution in [3.05, 3.63) is 89.2 Å². The molecule has 2 aromatic carbocycles. The molecule has 29 heavy (non-hydrogen) atoms. The first-order valence-electron chi connectivity index (χ1n) is 8.55. The molecule has 1 aromatic heterocycles. The van der Waals surface area contributed by atoms with Crippen LogP contribution in [-0.4, -0.2) is 16.8 Å². The van der Waals surface area contributed by atoms with E-state index in [0.29, 0.717) is 5.69 Å². The van der Waals surface area contributed by atoms with Crippen LogP contribution in [0.25, 0.3) is 0 Å². The molecule has 8 heteroatoms. The zero-order valence-electron chi connectivity index (χ0n) is 15.2. The van der Waals surface area contributed by atoms with Gasteiger partial charge >= 0.3 is 6.18 Å². The fourth-order valence-corrected chi connectivity index (χ4v) is 2.50. The molecule has 0 radical (unpaired) electrons. The number of nitrogens with one attached hydrogen (secondary N) is 2. The number of anilines is 2. The van der Waals surface area contributed by atoms with Crippen LogP contribution in [0.1, 0.15) is 32.0 Å². The van der Waals surface area contributed by atoms with E-state index in [1.807, 2.05) is 19.1 Å². The molecular formula is C21H16F3N3O2. The molecule has 0 saturated carbocycles. The van der Waals surface area contributed by atoms with Crippen LogP contribution in [0.2, 0.25) is 0 Å².